The Morgan fingerprint density at radius 3 is 2.68 bits per heavy atom. The van der Waals surface area contributed by atoms with Crippen LogP contribution in [-0.4, -0.2) is 55.0 Å². The fourth-order valence-electron chi connectivity index (χ4n) is 4.44. The van der Waals surface area contributed by atoms with Crippen molar-refractivity contribution in [3.8, 4) is 0 Å². The Kier molecular flexibility index (Phi) is 7.07. The second-order valence-corrected chi connectivity index (χ2v) is 10.9. The van der Waals surface area contributed by atoms with E-state index in [1.54, 1.807) is 18.2 Å². The molecule has 0 bridgehead atoms. The van der Waals surface area contributed by atoms with Gasteiger partial charge in [0.2, 0.25) is 9.84 Å². The van der Waals surface area contributed by atoms with Gasteiger partial charge in [0, 0.05) is 36.8 Å². The summed E-state index contributed by atoms with van der Waals surface area (Å²) in [6, 6.07) is 8.91. The van der Waals surface area contributed by atoms with Crippen molar-refractivity contribution in [2.24, 2.45) is 0 Å². The molecule has 2 aliphatic rings. The average molecular weight is 528 g/mol. The van der Waals surface area contributed by atoms with Gasteiger partial charge in [-0.2, -0.15) is 10.6 Å². The van der Waals surface area contributed by atoms with E-state index in [0.29, 0.717) is 41.8 Å². The SMILES string of the molecule is O=C(Nc1n[nH]c2ccc(S(=O)(=O)c3cccc(F)c3)cc12)C1=C(NC2CCOCC2)CC(NO)C=C1. The Balaban J connectivity index is 1.44. The Hall–Kier alpha value is -3.58. The zero-order chi connectivity index (χ0) is 26.0. The van der Waals surface area contributed by atoms with Gasteiger partial charge in [0.05, 0.1) is 26.9 Å². The van der Waals surface area contributed by atoms with Crippen LogP contribution in [-0.2, 0) is 19.4 Å². The molecule has 1 aliphatic carbocycles. The van der Waals surface area contributed by atoms with Crippen LogP contribution in [0.1, 0.15) is 19.3 Å². The molecule has 2 heterocycles. The van der Waals surface area contributed by atoms with E-state index < -0.39 is 21.6 Å². The second-order valence-electron chi connectivity index (χ2n) is 8.92. The quantitative estimate of drug-likeness (QED) is 0.295. The number of anilines is 1. The fraction of sp³-hybridized carbons (Fsp3) is 0.280. The molecule has 2 aromatic carbocycles. The highest BCUT2D eigenvalue weighted by atomic mass is 32.2. The summed E-state index contributed by atoms with van der Waals surface area (Å²) in [6.07, 6.45) is 5.29. The molecule has 1 atom stereocenters. The lowest BCUT2D eigenvalue weighted by molar-refractivity contribution is -0.112. The molecular weight excluding hydrogens is 501 g/mol. The summed E-state index contributed by atoms with van der Waals surface area (Å²) in [4.78, 5) is 13.1. The summed E-state index contributed by atoms with van der Waals surface area (Å²) in [7, 11) is -4.00. The highest BCUT2D eigenvalue weighted by molar-refractivity contribution is 7.91. The number of ether oxygens (including phenoxy) is 1. The number of sulfone groups is 1. The Labute approximate surface area is 212 Å². The maximum atomic E-state index is 13.7. The van der Waals surface area contributed by atoms with E-state index in [0.717, 1.165) is 18.9 Å². The number of nitrogens with zero attached hydrogens (tertiary/aromatic N) is 1. The van der Waals surface area contributed by atoms with Gasteiger partial charge in [0.15, 0.2) is 5.82 Å². The monoisotopic (exact) mass is 527 g/mol. The number of hydrogen-bond acceptors (Lipinski definition) is 8. The third kappa shape index (κ3) is 5.27. The van der Waals surface area contributed by atoms with Gasteiger partial charge >= 0.3 is 0 Å². The minimum absolute atomic E-state index is 0.0574. The number of nitrogens with one attached hydrogen (secondary N) is 4. The van der Waals surface area contributed by atoms with Crippen molar-refractivity contribution in [2.45, 2.75) is 41.1 Å². The van der Waals surface area contributed by atoms with Crippen molar-refractivity contribution in [1.29, 1.82) is 0 Å². The normalized spacial score (nSPS) is 18.8. The second kappa shape index (κ2) is 10.4. The van der Waals surface area contributed by atoms with Gasteiger partial charge < -0.3 is 20.6 Å². The van der Waals surface area contributed by atoms with E-state index in [2.05, 4.69) is 26.3 Å². The molecule has 10 nitrogen and oxygen atoms in total. The number of hydrogen-bond donors (Lipinski definition) is 5. The average Bonchev–Trinajstić information content (AvgIpc) is 3.31. The Morgan fingerprint density at radius 2 is 1.92 bits per heavy atom. The van der Waals surface area contributed by atoms with Gasteiger partial charge in [-0.15, -0.1) is 0 Å². The first kappa shape index (κ1) is 25.1. The zero-order valence-electron chi connectivity index (χ0n) is 19.7. The fourth-order valence-corrected chi connectivity index (χ4v) is 5.76. The molecule has 0 saturated carbocycles. The van der Waals surface area contributed by atoms with Gasteiger partial charge in [0.1, 0.15) is 5.82 Å². The van der Waals surface area contributed by atoms with Gasteiger partial charge in [-0.25, -0.2) is 12.8 Å². The van der Waals surface area contributed by atoms with Crippen molar-refractivity contribution < 1.29 is 27.5 Å². The van der Waals surface area contributed by atoms with Crippen LogP contribution in [0.15, 0.2) is 75.7 Å². The first-order valence-electron chi connectivity index (χ1n) is 11.8. The molecule has 3 aromatic rings. The van der Waals surface area contributed by atoms with Crippen molar-refractivity contribution >= 4 is 32.5 Å². The third-order valence-corrected chi connectivity index (χ3v) is 8.19. The molecular formula is C25H26FN5O5S. The molecule has 1 fully saturated rings. The molecule has 0 spiro atoms. The number of rotatable bonds is 7. The molecule has 1 saturated heterocycles. The molecule has 1 aliphatic heterocycles. The zero-order valence-corrected chi connectivity index (χ0v) is 20.5. The van der Waals surface area contributed by atoms with Gasteiger partial charge in [-0.1, -0.05) is 18.2 Å². The number of hydroxylamine groups is 1. The molecule has 5 N–H and O–H groups in total. The highest BCUT2D eigenvalue weighted by Crippen LogP contribution is 2.29. The van der Waals surface area contributed by atoms with Crippen molar-refractivity contribution in [2.75, 3.05) is 18.5 Å². The van der Waals surface area contributed by atoms with Gasteiger partial charge in [-0.3, -0.25) is 9.89 Å². The summed E-state index contributed by atoms with van der Waals surface area (Å²) >= 11 is 0. The smallest absolute Gasteiger partial charge is 0.258 e. The van der Waals surface area contributed by atoms with Crippen LogP contribution in [0, 0.1) is 5.82 Å². The van der Waals surface area contributed by atoms with E-state index in [4.69, 9.17) is 4.74 Å². The van der Waals surface area contributed by atoms with Crippen molar-refractivity contribution in [3.05, 3.63) is 71.7 Å². The summed E-state index contributed by atoms with van der Waals surface area (Å²) in [6.45, 7) is 1.26. The molecule has 1 unspecified atom stereocenters. The number of amides is 1. The topological polar surface area (TPSA) is 145 Å². The Bertz CT molecular complexity index is 1490. The predicted molar refractivity (Wildman–Crippen MR) is 133 cm³/mol. The molecule has 12 heteroatoms. The lowest BCUT2D eigenvalue weighted by Gasteiger charge is -2.29. The van der Waals surface area contributed by atoms with E-state index in [9.17, 15) is 22.8 Å². The molecule has 37 heavy (non-hydrogen) atoms. The summed E-state index contributed by atoms with van der Waals surface area (Å²) < 4.78 is 45.2. The predicted octanol–water partition coefficient (Wildman–Crippen LogP) is 2.80. The van der Waals surface area contributed by atoms with Gasteiger partial charge in [0.25, 0.3) is 5.91 Å². The molecule has 0 radical (unpaired) electrons. The summed E-state index contributed by atoms with van der Waals surface area (Å²) in [5.74, 6) is -0.935. The van der Waals surface area contributed by atoms with E-state index in [1.807, 2.05) is 0 Å². The standard InChI is InChI=1S/C25H26FN5O5S/c26-15-2-1-3-18(12-15)37(34,35)19-5-7-22-21(14-19)24(30-29-22)28-25(32)20-6-4-17(31-33)13-23(20)27-16-8-10-36-11-9-16/h1-7,12,14,16-17,27,31,33H,8-11,13H2,(H2,28,29,30,32). The molecule has 1 aromatic heterocycles. The number of halogens is 1. The van der Waals surface area contributed by atoms with Crippen LogP contribution in [0.25, 0.3) is 10.9 Å². The first-order valence-corrected chi connectivity index (χ1v) is 13.3. The minimum Gasteiger partial charge on any atom is -0.385 e. The van der Waals surface area contributed by atoms with Crippen LogP contribution in [0.3, 0.4) is 0 Å². The Morgan fingerprint density at radius 1 is 1.14 bits per heavy atom. The lowest BCUT2D eigenvalue weighted by atomic mass is 9.97. The number of benzene rings is 2. The van der Waals surface area contributed by atoms with Crippen LogP contribution in [0.4, 0.5) is 10.2 Å². The van der Waals surface area contributed by atoms with Gasteiger partial charge in [-0.05, 0) is 49.2 Å². The molecule has 5 rings (SSSR count). The summed E-state index contributed by atoms with van der Waals surface area (Å²) in [5, 5.41) is 22.9. The lowest BCUT2D eigenvalue weighted by Crippen LogP contribution is -2.39. The van der Waals surface area contributed by atoms with Crippen LogP contribution >= 0.6 is 0 Å². The van der Waals surface area contributed by atoms with E-state index in [1.165, 1.54) is 30.3 Å². The number of carbonyl (C=O) groups excluding carboxylic acids is 1. The number of aromatic nitrogens is 2. The van der Waals surface area contributed by atoms with E-state index >= 15 is 0 Å². The van der Waals surface area contributed by atoms with E-state index in [-0.39, 0.29) is 27.7 Å². The molecule has 1 amide bonds. The number of aromatic amines is 1. The maximum Gasteiger partial charge on any atom is 0.258 e. The molecule has 194 valence electrons. The van der Waals surface area contributed by atoms with Crippen LogP contribution in [0.5, 0.6) is 0 Å². The van der Waals surface area contributed by atoms with Crippen molar-refractivity contribution in [3.63, 3.8) is 0 Å². The summed E-state index contributed by atoms with van der Waals surface area (Å²) in [5.41, 5.74) is 3.80. The first-order chi connectivity index (χ1) is 17.8. The third-order valence-electron chi connectivity index (χ3n) is 6.44. The van der Waals surface area contributed by atoms with Crippen LogP contribution in [0.2, 0.25) is 0 Å². The number of H-pyrrole nitrogens is 1. The largest absolute Gasteiger partial charge is 0.385 e. The number of fused-ring (bicyclic) bond motifs is 1. The van der Waals surface area contributed by atoms with Crippen LogP contribution < -0.4 is 16.1 Å². The number of carbonyl (C=O) groups is 1. The maximum absolute atomic E-state index is 13.7. The highest BCUT2D eigenvalue weighted by Gasteiger charge is 2.25. The van der Waals surface area contributed by atoms with Crippen molar-refractivity contribution in [1.82, 2.24) is 21.0 Å². The minimum atomic E-state index is -4.00.